The van der Waals surface area contributed by atoms with Crippen LogP contribution in [0.4, 0.5) is 5.95 Å². The highest BCUT2D eigenvalue weighted by Crippen LogP contribution is 2.15. The van der Waals surface area contributed by atoms with Crippen molar-refractivity contribution >= 4 is 11.9 Å². The molecular weight excluding hydrogens is 318 g/mol. The van der Waals surface area contributed by atoms with Crippen LogP contribution in [0.2, 0.25) is 0 Å². The van der Waals surface area contributed by atoms with Crippen molar-refractivity contribution in [2.75, 3.05) is 24.6 Å². The maximum atomic E-state index is 12.2. The van der Waals surface area contributed by atoms with Gasteiger partial charge in [-0.1, -0.05) is 0 Å². The van der Waals surface area contributed by atoms with Gasteiger partial charge in [0.05, 0.1) is 24.4 Å². The second kappa shape index (κ2) is 8.41. The van der Waals surface area contributed by atoms with E-state index in [1.165, 1.54) is 25.5 Å². The van der Waals surface area contributed by atoms with E-state index >= 15 is 0 Å². The van der Waals surface area contributed by atoms with Crippen LogP contribution in [0, 0.1) is 0 Å². The fraction of sp³-hybridized carbons (Fsp3) is 0.444. The highest BCUT2D eigenvalue weighted by molar-refractivity contribution is 5.93. The predicted molar refractivity (Wildman–Crippen MR) is 94.7 cm³/mol. The highest BCUT2D eigenvalue weighted by atomic mass is 16.5. The van der Waals surface area contributed by atoms with Gasteiger partial charge in [0.25, 0.3) is 5.91 Å². The van der Waals surface area contributed by atoms with Gasteiger partial charge in [0.2, 0.25) is 11.8 Å². The van der Waals surface area contributed by atoms with E-state index in [0.717, 1.165) is 24.7 Å². The molecule has 0 unspecified atom stereocenters. The zero-order chi connectivity index (χ0) is 17.5. The van der Waals surface area contributed by atoms with Gasteiger partial charge >= 0.3 is 0 Å². The minimum Gasteiger partial charge on any atom is -0.478 e. The summed E-state index contributed by atoms with van der Waals surface area (Å²) in [6, 6.07) is 5.22. The van der Waals surface area contributed by atoms with Crippen molar-refractivity contribution in [2.45, 2.75) is 32.7 Å². The van der Waals surface area contributed by atoms with Crippen molar-refractivity contribution in [1.29, 1.82) is 0 Å². The minimum atomic E-state index is -0.186. The van der Waals surface area contributed by atoms with Gasteiger partial charge in [0, 0.05) is 31.5 Å². The number of hydrogen-bond acceptors (Lipinski definition) is 6. The molecule has 3 rings (SSSR count). The first-order valence-corrected chi connectivity index (χ1v) is 8.70. The number of anilines is 1. The van der Waals surface area contributed by atoms with Crippen LogP contribution in [0.3, 0.4) is 0 Å². The lowest BCUT2D eigenvalue weighted by molar-refractivity contribution is 0.0950. The molecule has 1 N–H and O–H groups in total. The van der Waals surface area contributed by atoms with Gasteiger partial charge in [0.15, 0.2) is 0 Å². The van der Waals surface area contributed by atoms with Crippen molar-refractivity contribution in [3.05, 3.63) is 41.9 Å². The van der Waals surface area contributed by atoms with Crippen LogP contribution in [0.25, 0.3) is 0 Å². The van der Waals surface area contributed by atoms with Crippen LogP contribution < -0.4 is 15.0 Å². The first kappa shape index (κ1) is 17.1. The fourth-order valence-electron chi connectivity index (χ4n) is 2.75. The zero-order valence-electron chi connectivity index (χ0n) is 14.4. The number of nitrogens with one attached hydrogen (secondary N) is 1. The largest absolute Gasteiger partial charge is 0.478 e. The van der Waals surface area contributed by atoms with Crippen molar-refractivity contribution in [1.82, 2.24) is 20.3 Å². The summed E-state index contributed by atoms with van der Waals surface area (Å²) in [7, 11) is 0. The fourth-order valence-corrected chi connectivity index (χ4v) is 2.75. The summed E-state index contributed by atoms with van der Waals surface area (Å²) in [5.74, 6) is 1.07. The lowest BCUT2D eigenvalue weighted by Gasteiger charge is -2.26. The number of aromatic nitrogens is 3. The first-order valence-electron chi connectivity index (χ1n) is 8.70. The van der Waals surface area contributed by atoms with Crippen molar-refractivity contribution < 1.29 is 9.53 Å². The molecule has 0 radical (unpaired) electrons. The molecule has 3 heterocycles. The molecular formula is C18H23N5O2. The molecule has 2 aromatic heterocycles. The van der Waals surface area contributed by atoms with Crippen molar-refractivity contribution in [2.24, 2.45) is 0 Å². The predicted octanol–water partition coefficient (Wildman–Crippen LogP) is 2.19. The summed E-state index contributed by atoms with van der Waals surface area (Å²) in [5.41, 5.74) is 1.29. The van der Waals surface area contributed by atoms with E-state index in [1.54, 1.807) is 18.3 Å². The number of pyridine rings is 1. The molecule has 1 aliphatic heterocycles. The monoisotopic (exact) mass is 341 g/mol. The van der Waals surface area contributed by atoms with Gasteiger partial charge < -0.3 is 15.0 Å². The average Bonchev–Trinajstić information content (AvgIpc) is 2.68. The van der Waals surface area contributed by atoms with Gasteiger partial charge in [-0.25, -0.2) is 15.0 Å². The number of ether oxygens (including phenoxy) is 1. The van der Waals surface area contributed by atoms with Gasteiger partial charge in [-0.15, -0.1) is 0 Å². The summed E-state index contributed by atoms with van der Waals surface area (Å²) >= 11 is 0. The third kappa shape index (κ3) is 4.65. The second-order valence-corrected chi connectivity index (χ2v) is 5.90. The molecule has 132 valence electrons. The van der Waals surface area contributed by atoms with Crippen LogP contribution in [0.1, 0.15) is 42.2 Å². The molecule has 0 aliphatic carbocycles. The summed E-state index contributed by atoms with van der Waals surface area (Å²) < 4.78 is 5.28. The van der Waals surface area contributed by atoms with Crippen LogP contribution in [-0.4, -0.2) is 40.6 Å². The topological polar surface area (TPSA) is 80.2 Å². The summed E-state index contributed by atoms with van der Waals surface area (Å²) in [4.78, 5) is 27.5. The Morgan fingerprint density at radius 2 is 2.04 bits per heavy atom. The van der Waals surface area contributed by atoms with Gasteiger partial charge in [-0.05, 0) is 38.3 Å². The van der Waals surface area contributed by atoms with E-state index in [-0.39, 0.29) is 5.91 Å². The number of carbonyl (C=O) groups is 1. The molecule has 7 heteroatoms. The Labute approximate surface area is 147 Å². The molecule has 1 saturated heterocycles. The molecule has 1 amide bonds. The van der Waals surface area contributed by atoms with Crippen LogP contribution in [0.5, 0.6) is 5.88 Å². The van der Waals surface area contributed by atoms with Gasteiger partial charge in [-0.2, -0.15) is 0 Å². The molecule has 2 aromatic rings. The summed E-state index contributed by atoms with van der Waals surface area (Å²) in [6.07, 6.45) is 6.88. The number of hydrogen-bond donors (Lipinski definition) is 1. The summed E-state index contributed by atoms with van der Waals surface area (Å²) in [6.45, 7) is 4.78. The lowest BCUT2D eigenvalue weighted by atomic mass is 10.1. The summed E-state index contributed by atoms with van der Waals surface area (Å²) in [5, 5.41) is 2.87. The molecule has 0 spiro atoms. The molecule has 7 nitrogen and oxygen atoms in total. The minimum absolute atomic E-state index is 0.186. The number of rotatable bonds is 6. The Bertz CT molecular complexity index is 699. The molecule has 0 saturated carbocycles. The number of nitrogens with zero attached hydrogens (tertiary/aromatic N) is 4. The molecule has 1 fully saturated rings. The van der Waals surface area contributed by atoms with E-state index in [0.29, 0.717) is 24.6 Å². The molecule has 25 heavy (non-hydrogen) atoms. The Kier molecular flexibility index (Phi) is 5.77. The Morgan fingerprint density at radius 3 is 2.76 bits per heavy atom. The smallest absolute Gasteiger partial charge is 0.253 e. The normalized spacial score (nSPS) is 14.2. The quantitative estimate of drug-likeness (QED) is 0.867. The van der Waals surface area contributed by atoms with Crippen LogP contribution >= 0.6 is 0 Å². The van der Waals surface area contributed by atoms with E-state index in [2.05, 4.69) is 25.2 Å². The average molecular weight is 341 g/mol. The second-order valence-electron chi connectivity index (χ2n) is 5.90. The van der Waals surface area contributed by atoms with E-state index < -0.39 is 0 Å². The SMILES string of the molecule is CCOc1ccc(C(=O)NCc2ccnc(N3CCCCC3)n2)cn1. The third-order valence-corrected chi connectivity index (χ3v) is 4.06. The van der Waals surface area contributed by atoms with Crippen molar-refractivity contribution in [3.8, 4) is 5.88 Å². The maximum Gasteiger partial charge on any atom is 0.253 e. The number of piperidine rings is 1. The number of amides is 1. The first-order chi connectivity index (χ1) is 12.3. The van der Waals surface area contributed by atoms with E-state index in [9.17, 15) is 4.79 Å². The van der Waals surface area contributed by atoms with E-state index in [1.807, 2.05) is 13.0 Å². The lowest BCUT2D eigenvalue weighted by Crippen LogP contribution is -2.31. The highest BCUT2D eigenvalue weighted by Gasteiger charge is 2.14. The third-order valence-electron chi connectivity index (χ3n) is 4.06. The zero-order valence-corrected chi connectivity index (χ0v) is 14.4. The molecule has 1 aliphatic rings. The Balaban J connectivity index is 1.58. The molecule has 0 aromatic carbocycles. The van der Waals surface area contributed by atoms with E-state index in [4.69, 9.17) is 4.74 Å². The standard InChI is InChI=1S/C18H23N5O2/c1-2-25-16-7-6-14(12-20-16)17(24)21-13-15-8-9-19-18(22-15)23-10-4-3-5-11-23/h6-9,12H,2-5,10-11,13H2,1H3,(H,21,24). The van der Waals surface area contributed by atoms with Crippen LogP contribution in [0.15, 0.2) is 30.6 Å². The van der Waals surface area contributed by atoms with Crippen molar-refractivity contribution in [3.63, 3.8) is 0 Å². The van der Waals surface area contributed by atoms with Gasteiger partial charge in [-0.3, -0.25) is 4.79 Å². The maximum absolute atomic E-state index is 12.2. The van der Waals surface area contributed by atoms with Crippen LogP contribution in [-0.2, 0) is 6.54 Å². The number of carbonyl (C=O) groups excluding carboxylic acids is 1. The molecule has 0 atom stereocenters. The Morgan fingerprint density at radius 1 is 1.20 bits per heavy atom. The Hall–Kier alpha value is -2.70. The molecule has 0 bridgehead atoms. The van der Waals surface area contributed by atoms with Gasteiger partial charge in [0.1, 0.15) is 0 Å².